The van der Waals surface area contributed by atoms with Crippen LogP contribution in [-0.2, 0) is 0 Å². The van der Waals surface area contributed by atoms with Gasteiger partial charge in [-0.25, -0.2) is 4.98 Å². The van der Waals surface area contributed by atoms with Crippen molar-refractivity contribution in [2.45, 2.75) is 13.3 Å². The number of thiazole rings is 1. The number of ether oxygens (including phenoxy) is 1. The topological polar surface area (TPSA) is 22.1 Å². The molecule has 1 aromatic heterocycles. The van der Waals surface area contributed by atoms with Crippen molar-refractivity contribution in [3.05, 3.63) is 47.5 Å². The molecule has 1 heterocycles. The largest absolute Gasteiger partial charge is 0.573 e. The molecule has 0 saturated carbocycles. The molecule has 6 heteroatoms. The SMILES string of the molecule is Cc1nc2cc[c]c(-c3ccc(OC(F)(F)F)cc3)c2s1. The highest BCUT2D eigenvalue weighted by molar-refractivity contribution is 7.19. The quantitative estimate of drug-likeness (QED) is 0.667. The molecule has 0 aliphatic heterocycles. The molecule has 0 amide bonds. The highest BCUT2D eigenvalue weighted by Crippen LogP contribution is 2.33. The highest BCUT2D eigenvalue weighted by atomic mass is 32.1. The maximum absolute atomic E-state index is 12.1. The lowest BCUT2D eigenvalue weighted by atomic mass is 10.1. The Labute approximate surface area is 122 Å². The summed E-state index contributed by atoms with van der Waals surface area (Å²) in [7, 11) is 0. The van der Waals surface area contributed by atoms with Crippen molar-refractivity contribution in [1.82, 2.24) is 4.98 Å². The van der Waals surface area contributed by atoms with Crippen LogP contribution in [0.15, 0.2) is 36.4 Å². The fraction of sp³-hybridized carbons (Fsp3) is 0.133. The van der Waals surface area contributed by atoms with Crippen LogP contribution in [0.25, 0.3) is 21.3 Å². The Morgan fingerprint density at radius 1 is 1.14 bits per heavy atom. The summed E-state index contributed by atoms with van der Waals surface area (Å²) in [6, 6.07) is 12.5. The van der Waals surface area contributed by atoms with Crippen LogP contribution in [0.3, 0.4) is 0 Å². The van der Waals surface area contributed by atoms with E-state index in [9.17, 15) is 13.2 Å². The minimum absolute atomic E-state index is 0.237. The number of hydrogen-bond acceptors (Lipinski definition) is 3. The van der Waals surface area contributed by atoms with Crippen LogP contribution in [-0.4, -0.2) is 11.3 Å². The minimum atomic E-state index is -4.68. The number of aryl methyl sites for hydroxylation is 1. The van der Waals surface area contributed by atoms with Gasteiger partial charge in [0, 0.05) is 5.56 Å². The van der Waals surface area contributed by atoms with Gasteiger partial charge in [0.05, 0.1) is 15.2 Å². The van der Waals surface area contributed by atoms with Gasteiger partial charge in [0.2, 0.25) is 0 Å². The van der Waals surface area contributed by atoms with Gasteiger partial charge < -0.3 is 4.74 Å². The van der Waals surface area contributed by atoms with Gasteiger partial charge in [0.25, 0.3) is 0 Å². The lowest BCUT2D eigenvalue weighted by molar-refractivity contribution is -0.274. The van der Waals surface area contributed by atoms with Gasteiger partial charge in [-0.15, -0.1) is 24.5 Å². The lowest BCUT2D eigenvalue weighted by Crippen LogP contribution is -2.16. The third-order valence-corrected chi connectivity index (χ3v) is 3.84. The van der Waals surface area contributed by atoms with E-state index in [1.807, 2.05) is 13.0 Å². The van der Waals surface area contributed by atoms with Crippen LogP contribution >= 0.6 is 11.3 Å². The molecule has 0 saturated heterocycles. The van der Waals surface area contributed by atoms with E-state index in [4.69, 9.17) is 0 Å². The molecular formula is C15H9F3NOS. The molecule has 2 nitrogen and oxygen atoms in total. The number of benzene rings is 2. The van der Waals surface area contributed by atoms with Crippen LogP contribution in [0.2, 0.25) is 0 Å². The summed E-state index contributed by atoms with van der Waals surface area (Å²) in [5, 5.41) is 0.933. The maximum Gasteiger partial charge on any atom is 0.573 e. The molecule has 107 valence electrons. The molecule has 0 atom stereocenters. The normalized spacial score (nSPS) is 11.8. The van der Waals surface area contributed by atoms with Crippen LogP contribution in [0.4, 0.5) is 13.2 Å². The van der Waals surface area contributed by atoms with E-state index in [2.05, 4.69) is 15.8 Å². The average molecular weight is 308 g/mol. The van der Waals surface area contributed by atoms with E-state index in [1.54, 1.807) is 18.2 Å². The number of hydrogen-bond donors (Lipinski definition) is 0. The molecule has 0 spiro atoms. The van der Waals surface area contributed by atoms with Gasteiger partial charge in [-0.2, -0.15) is 0 Å². The van der Waals surface area contributed by atoms with Gasteiger partial charge in [-0.1, -0.05) is 18.2 Å². The van der Waals surface area contributed by atoms with Crippen molar-refractivity contribution >= 4 is 21.6 Å². The molecule has 0 aliphatic carbocycles. The van der Waals surface area contributed by atoms with Crippen molar-refractivity contribution in [2.24, 2.45) is 0 Å². The monoisotopic (exact) mass is 308 g/mol. The van der Waals surface area contributed by atoms with Crippen LogP contribution < -0.4 is 4.74 Å². The average Bonchev–Trinajstić information content (AvgIpc) is 2.78. The zero-order valence-electron chi connectivity index (χ0n) is 10.9. The number of fused-ring (bicyclic) bond motifs is 1. The fourth-order valence-corrected chi connectivity index (χ4v) is 2.98. The Morgan fingerprint density at radius 3 is 2.52 bits per heavy atom. The first kappa shape index (κ1) is 13.9. The molecule has 0 unspecified atom stereocenters. The predicted octanol–water partition coefficient (Wildman–Crippen LogP) is 4.97. The lowest BCUT2D eigenvalue weighted by Gasteiger charge is -2.09. The van der Waals surface area contributed by atoms with Gasteiger partial charge in [-0.05, 0) is 36.8 Å². The van der Waals surface area contributed by atoms with Gasteiger partial charge in [0.1, 0.15) is 5.75 Å². The summed E-state index contributed by atoms with van der Waals surface area (Å²) < 4.78 is 41.3. The molecular weight excluding hydrogens is 299 g/mol. The number of alkyl halides is 3. The van der Waals surface area contributed by atoms with E-state index in [0.29, 0.717) is 0 Å². The second kappa shape index (κ2) is 5.04. The molecule has 0 bridgehead atoms. The number of nitrogens with zero attached hydrogens (tertiary/aromatic N) is 1. The Hall–Kier alpha value is -2.08. The van der Waals surface area contributed by atoms with E-state index in [-0.39, 0.29) is 5.75 Å². The van der Waals surface area contributed by atoms with Crippen molar-refractivity contribution < 1.29 is 17.9 Å². The highest BCUT2D eigenvalue weighted by Gasteiger charge is 2.30. The molecule has 3 rings (SSSR count). The van der Waals surface area contributed by atoms with Crippen LogP contribution in [0, 0.1) is 13.0 Å². The van der Waals surface area contributed by atoms with Crippen molar-refractivity contribution in [3.8, 4) is 16.9 Å². The second-order valence-corrected chi connectivity index (χ2v) is 5.58. The predicted molar refractivity (Wildman–Crippen MR) is 75.3 cm³/mol. The van der Waals surface area contributed by atoms with Crippen LogP contribution in [0.5, 0.6) is 5.75 Å². The Balaban J connectivity index is 1.99. The Morgan fingerprint density at radius 2 is 1.86 bits per heavy atom. The summed E-state index contributed by atoms with van der Waals surface area (Å²) >= 11 is 1.53. The maximum atomic E-state index is 12.1. The van der Waals surface area contributed by atoms with Crippen molar-refractivity contribution in [3.63, 3.8) is 0 Å². The second-order valence-electron chi connectivity index (χ2n) is 4.37. The van der Waals surface area contributed by atoms with E-state index in [1.165, 1.54) is 23.5 Å². The van der Waals surface area contributed by atoms with Crippen molar-refractivity contribution in [2.75, 3.05) is 0 Å². The van der Waals surface area contributed by atoms with E-state index in [0.717, 1.165) is 26.4 Å². The standard InChI is InChI=1S/C15H9F3NOS/c1-9-19-13-4-2-3-12(14(13)21-9)10-5-7-11(8-6-10)20-15(16,17)18/h2,4-8H,1H3. The summed E-state index contributed by atoms with van der Waals surface area (Å²) in [6.45, 7) is 1.91. The minimum Gasteiger partial charge on any atom is -0.406 e. The van der Waals surface area contributed by atoms with E-state index >= 15 is 0 Å². The summed E-state index contributed by atoms with van der Waals surface area (Å²) in [4.78, 5) is 4.39. The molecule has 1 radical (unpaired) electrons. The van der Waals surface area contributed by atoms with E-state index < -0.39 is 6.36 Å². The smallest absolute Gasteiger partial charge is 0.406 e. The molecule has 2 aromatic carbocycles. The third kappa shape index (κ3) is 3.00. The number of halogens is 3. The summed E-state index contributed by atoms with van der Waals surface area (Å²) in [6.07, 6.45) is -4.68. The van der Waals surface area contributed by atoms with Gasteiger partial charge >= 0.3 is 6.36 Å². The Bertz CT molecular complexity index is 778. The van der Waals surface area contributed by atoms with Gasteiger partial charge in [0.15, 0.2) is 0 Å². The first-order valence-electron chi connectivity index (χ1n) is 6.06. The van der Waals surface area contributed by atoms with Crippen LogP contribution in [0.1, 0.15) is 5.01 Å². The van der Waals surface area contributed by atoms with Crippen molar-refractivity contribution in [1.29, 1.82) is 0 Å². The fourth-order valence-electron chi connectivity index (χ4n) is 2.04. The molecule has 0 N–H and O–H groups in total. The molecule has 3 aromatic rings. The zero-order chi connectivity index (χ0) is 15.0. The molecule has 21 heavy (non-hydrogen) atoms. The Kier molecular flexibility index (Phi) is 3.33. The van der Waals surface area contributed by atoms with Gasteiger partial charge in [-0.3, -0.25) is 0 Å². The zero-order valence-corrected chi connectivity index (χ0v) is 11.7. The summed E-state index contributed by atoms with van der Waals surface area (Å²) in [5.41, 5.74) is 2.47. The molecule has 0 fully saturated rings. The third-order valence-electron chi connectivity index (χ3n) is 2.83. The first-order valence-corrected chi connectivity index (χ1v) is 6.88. The summed E-state index contributed by atoms with van der Waals surface area (Å²) in [5.74, 6) is -0.237. The number of rotatable bonds is 2. The first-order chi connectivity index (χ1) is 9.92. The molecule has 0 aliphatic rings. The number of aromatic nitrogens is 1.